The van der Waals surface area contributed by atoms with Gasteiger partial charge >= 0.3 is 0 Å². The number of hydrogen-bond donors (Lipinski definition) is 1. The Balaban J connectivity index is 2.76. The lowest BCUT2D eigenvalue weighted by Gasteiger charge is -1.99. The van der Waals surface area contributed by atoms with Crippen LogP contribution in [0.25, 0.3) is 5.52 Å². The van der Waals surface area contributed by atoms with Gasteiger partial charge in [0, 0.05) is 12.7 Å². The smallest absolute Gasteiger partial charge is 0.132 e. The molecule has 2 N–H and O–H groups in total. The van der Waals surface area contributed by atoms with E-state index < -0.39 is 0 Å². The third-order valence-electron chi connectivity index (χ3n) is 2.07. The summed E-state index contributed by atoms with van der Waals surface area (Å²) in [4.78, 5) is 4.30. The summed E-state index contributed by atoms with van der Waals surface area (Å²) >= 11 is 3.40. The molecule has 0 saturated carbocycles. The van der Waals surface area contributed by atoms with Crippen molar-refractivity contribution in [1.29, 1.82) is 0 Å². The Hall–Kier alpha value is -0.870. The summed E-state index contributed by atoms with van der Waals surface area (Å²) in [6, 6.07) is 4.04. The van der Waals surface area contributed by atoms with Gasteiger partial charge in [0.15, 0.2) is 0 Å². The number of hydrogen-bond acceptors (Lipinski definition) is 2. The fraction of sp³-hybridized carbons (Fsp3) is 0.222. The first-order valence-electron chi connectivity index (χ1n) is 4.05. The van der Waals surface area contributed by atoms with Crippen molar-refractivity contribution in [3.8, 4) is 0 Å². The van der Waals surface area contributed by atoms with Gasteiger partial charge in [-0.15, -0.1) is 0 Å². The summed E-state index contributed by atoms with van der Waals surface area (Å²) in [7, 11) is 0. The highest BCUT2D eigenvalue weighted by molar-refractivity contribution is 9.10. The fourth-order valence-corrected chi connectivity index (χ4v) is 1.93. The first kappa shape index (κ1) is 8.72. The number of imidazole rings is 1. The maximum Gasteiger partial charge on any atom is 0.132 e. The minimum absolute atomic E-state index is 0.561. The van der Waals surface area contributed by atoms with E-state index in [0.717, 1.165) is 21.5 Å². The van der Waals surface area contributed by atoms with E-state index in [1.807, 2.05) is 29.7 Å². The molecule has 4 heteroatoms. The molecule has 0 radical (unpaired) electrons. The van der Waals surface area contributed by atoms with Crippen molar-refractivity contribution >= 4 is 21.4 Å². The van der Waals surface area contributed by atoms with Gasteiger partial charge in [-0.05, 0) is 34.5 Å². The minimum atomic E-state index is 0.561. The maximum absolute atomic E-state index is 5.55. The lowest BCUT2D eigenvalue weighted by atomic mass is 10.3. The molecular formula is C9H10BrN3. The third-order valence-corrected chi connectivity index (χ3v) is 2.65. The highest BCUT2D eigenvalue weighted by Crippen LogP contribution is 2.18. The molecule has 13 heavy (non-hydrogen) atoms. The molecule has 0 unspecified atom stereocenters. The number of fused-ring (bicyclic) bond motifs is 1. The molecular weight excluding hydrogens is 230 g/mol. The molecule has 0 aromatic carbocycles. The zero-order valence-corrected chi connectivity index (χ0v) is 8.87. The molecule has 0 spiro atoms. The Labute approximate surface area is 84.7 Å². The summed E-state index contributed by atoms with van der Waals surface area (Å²) in [5, 5.41) is 0. The fourth-order valence-electron chi connectivity index (χ4n) is 1.35. The van der Waals surface area contributed by atoms with Crippen LogP contribution in [0.2, 0.25) is 0 Å². The Bertz CT molecular complexity index is 447. The van der Waals surface area contributed by atoms with Gasteiger partial charge in [-0.3, -0.25) is 0 Å². The second kappa shape index (κ2) is 3.12. The van der Waals surface area contributed by atoms with Gasteiger partial charge in [0.2, 0.25) is 0 Å². The summed E-state index contributed by atoms with van der Waals surface area (Å²) in [5.74, 6) is 0.970. The van der Waals surface area contributed by atoms with Gasteiger partial charge < -0.3 is 10.1 Å². The molecule has 0 atom stereocenters. The van der Waals surface area contributed by atoms with Crippen molar-refractivity contribution in [2.45, 2.75) is 13.5 Å². The first-order chi connectivity index (χ1) is 6.22. The van der Waals surface area contributed by atoms with Gasteiger partial charge in [0.25, 0.3) is 0 Å². The van der Waals surface area contributed by atoms with Crippen LogP contribution in [0.4, 0.5) is 0 Å². The normalized spacial score (nSPS) is 11.0. The molecule has 2 aromatic rings. The van der Waals surface area contributed by atoms with Gasteiger partial charge in [-0.2, -0.15) is 0 Å². The zero-order chi connectivity index (χ0) is 9.42. The number of halogens is 1. The van der Waals surface area contributed by atoms with Gasteiger partial charge in [-0.25, -0.2) is 4.98 Å². The topological polar surface area (TPSA) is 43.3 Å². The minimum Gasteiger partial charge on any atom is -0.326 e. The molecule has 68 valence electrons. The van der Waals surface area contributed by atoms with Crippen molar-refractivity contribution in [2.75, 3.05) is 0 Å². The maximum atomic E-state index is 5.55. The Morgan fingerprint density at radius 2 is 2.31 bits per heavy atom. The van der Waals surface area contributed by atoms with Crippen molar-refractivity contribution in [3.63, 3.8) is 0 Å². The van der Waals surface area contributed by atoms with E-state index in [1.54, 1.807) is 0 Å². The third kappa shape index (κ3) is 1.36. The standard InChI is InChI=1S/C9H10BrN3/c1-6-12-9(10)8-3-2-7(4-11)5-13(6)8/h2-3,5H,4,11H2,1H3. The van der Waals surface area contributed by atoms with Crippen LogP contribution < -0.4 is 5.73 Å². The predicted molar refractivity (Wildman–Crippen MR) is 55.5 cm³/mol. The number of aromatic nitrogens is 2. The molecule has 0 bridgehead atoms. The highest BCUT2D eigenvalue weighted by atomic mass is 79.9. The molecule has 0 aliphatic heterocycles. The molecule has 0 amide bonds. The van der Waals surface area contributed by atoms with Crippen LogP contribution in [0.5, 0.6) is 0 Å². The summed E-state index contributed by atoms with van der Waals surface area (Å²) in [5.41, 5.74) is 7.74. The number of nitrogens with two attached hydrogens (primary N) is 1. The first-order valence-corrected chi connectivity index (χ1v) is 4.85. The van der Waals surface area contributed by atoms with E-state index >= 15 is 0 Å². The summed E-state index contributed by atoms with van der Waals surface area (Å²) in [6.07, 6.45) is 2.02. The predicted octanol–water partition coefficient (Wildman–Crippen LogP) is 1.86. The van der Waals surface area contributed by atoms with Crippen LogP contribution >= 0.6 is 15.9 Å². The van der Waals surface area contributed by atoms with Crippen molar-refractivity contribution < 1.29 is 0 Å². The molecule has 0 saturated heterocycles. The second-order valence-corrected chi connectivity index (χ2v) is 3.70. The van der Waals surface area contributed by atoms with Crippen molar-refractivity contribution in [3.05, 3.63) is 34.3 Å². The van der Waals surface area contributed by atoms with E-state index in [-0.39, 0.29) is 0 Å². The molecule has 3 nitrogen and oxygen atoms in total. The van der Waals surface area contributed by atoms with Crippen LogP contribution in [-0.2, 0) is 6.54 Å². The molecule has 0 fully saturated rings. The largest absolute Gasteiger partial charge is 0.326 e. The van der Waals surface area contributed by atoms with E-state index in [1.165, 1.54) is 0 Å². The van der Waals surface area contributed by atoms with Crippen LogP contribution in [0.3, 0.4) is 0 Å². The van der Waals surface area contributed by atoms with Gasteiger partial charge in [0.1, 0.15) is 10.4 Å². The molecule has 0 aliphatic rings. The second-order valence-electron chi connectivity index (χ2n) is 2.95. The summed E-state index contributed by atoms with van der Waals surface area (Å²) in [6.45, 7) is 2.53. The van der Waals surface area contributed by atoms with Crippen LogP contribution in [0.15, 0.2) is 22.9 Å². The number of pyridine rings is 1. The SMILES string of the molecule is Cc1nc(Br)c2ccc(CN)cn12. The Morgan fingerprint density at radius 3 is 3.00 bits per heavy atom. The Kier molecular flexibility index (Phi) is 2.09. The average molecular weight is 240 g/mol. The summed E-state index contributed by atoms with van der Waals surface area (Å²) < 4.78 is 2.92. The van der Waals surface area contributed by atoms with Crippen molar-refractivity contribution in [1.82, 2.24) is 9.38 Å². The number of aryl methyl sites for hydroxylation is 1. The monoisotopic (exact) mass is 239 g/mol. The van der Waals surface area contributed by atoms with E-state index in [2.05, 4.69) is 20.9 Å². The highest BCUT2D eigenvalue weighted by Gasteiger charge is 2.04. The number of nitrogens with zero attached hydrogens (tertiary/aromatic N) is 2. The van der Waals surface area contributed by atoms with Gasteiger partial charge in [-0.1, -0.05) is 6.07 Å². The van der Waals surface area contributed by atoms with Crippen LogP contribution in [0, 0.1) is 6.92 Å². The van der Waals surface area contributed by atoms with E-state index in [9.17, 15) is 0 Å². The molecule has 2 aromatic heterocycles. The average Bonchev–Trinajstić information content (AvgIpc) is 2.42. The number of rotatable bonds is 1. The quantitative estimate of drug-likeness (QED) is 0.826. The van der Waals surface area contributed by atoms with Crippen LogP contribution in [0.1, 0.15) is 11.4 Å². The lowest BCUT2D eigenvalue weighted by molar-refractivity contribution is 0.988. The molecule has 2 rings (SSSR count). The Morgan fingerprint density at radius 1 is 1.54 bits per heavy atom. The van der Waals surface area contributed by atoms with Crippen molar-refractivity contribution in [2.24, 2.45) is 5.73 Å². The van der Waals surface area contributed by atoms with E-state index in [4.69, 9.17) is 5.73 Å². The van der Waals surface area contributed by atoms with E-state index in [0.29, 0.717) is 6.54 Å². The molecule has 0 aliphatic carbocycles. The zero-order valence-electron chi connectivity index (χ0n) is 7.29. The lowest BCUT2D eigenvalue weighted by Crippen LogP contribution is -1.98. The molecule has 2 heterocycles. The van der Waals surface area contributed by atoms with Crippen LogP contribution in [-0.4, -0.2) is 9.38 Å². The van der Waals surface area contributed by atoms with Gasteiger partial charge in [0.05, 0.1) is 5.52 Å².